The second kappa shape index (κ2) is 16.1. The number of carbonyl (C=O) groups is 4. The van der Waals surface area contributed by atoms with Crippen molar-refractivity contribution < 1.29 is 48.3 Å². The molecule has 11 heteroatoms. The molecule has 10 nitrogen and oxygen atoms in total. The lowest BCUT2D eigenvalue weighted by Gasteiger charge is -2.12. The molecule has 0 saturated heterocycles. The summed E-state index contributed by atoms with van der Waals surface area (Å²) in [7, 11) is 0. The van der Waals surface area contributed by atoms with E-state index in [4.69, 9.17) is 16.5 Å². The third-order valence-corrected chi connectivity index (χ3v) is 3.82. The van der Waals surface area contributed by atoms with Crippen LogP contribution >= 0.6 is 11.6 Å². The van der Waals surface area contributed by atoms with Crippen molar-refractivity contribution in [3.05, 3.63) is 0 Å². The van der Waals surface area contributed by atoms with Crippen LogP contribution in [-0.4, -0.2) is 86.5 Å². The van der Waals surface area contributed by atoms with Crippen LogP contribution < -0.4 is 0 Å². The zero-order valence-corrected chi connectivity index (χ0v) is 16.9. The Balaban J connectivity index is 3.85. The second-order valence-electron chi connectivity index (χ2n) is 5.65. The molecule has 164 valence electrons. The average molecular weight is 431 g/mol. The molecule has 0 bridgehead atoms. The van der Waals surface area contributed by atoms with Crippen molar-refractivity contribution in [2.24, 2.45) is 0 Å². The molecule has 0 rings (SSSR count). The van der Waals surface area contributed by atoms with Gasteiger partial charge in [-0.15, -0.1) is 0 Å². The Morgan fingerprint density at radius 2 is 1.29 bits per heavy atom. The normalized spacial score (nSPS) is 14.7. The SMILES string of the molecule is [3H]S([3H])(CC)CC(=O)OCC(O)COC(=O)CCCC(=O)OCC(O)COC(C)=O. The quantitative estimate of drug-likeness (QED) is 0.252. The van der Waals surface area contributed by atoms with Crippen LogP contribution in [0.2, 0.25) is 0 Å². The van der Waals surface area contributed by atoms with Gasteiger partial charge >= 0.3 is 23.9 Å². The summed E-state index contributed by atoms with van der Waals surface area (Å²) in [6.45, 7) is 1.34. The monoisotopic (exact) mass is 430 g/mol. The molecule has 2 unspecified atom stereocenters. The summed E-state index contributed by atoms with van der Waals surface area (Å²) in [5.41, 5.74) is 0. The Bertz CT molecular complexity index is 573. The number of hydrogen-bond acceptors (Lipinski definition) is 10. The van der Waals surface area contributed by atoms with Gasteiger partial charge in [-0.05, 0) is 12.2 Å². The van der Waals surface area contributed by atoms with E-state index >= 15 is 0 Å². The maximum Gasteiger partial charge on any atom is 0.314 e. The Labute approximate surface area is 170 Å². The standard InChI is InChI=1S/C17H30O10S/c1-3-28-11-17(23)27-10-14(20)9-26-16(22)6-4-5-15(21)25-8-13(19)7-24-12(2)18/h13-14,19-20H,3-11,28H2,1-2H3/i28T2. The van der Waals surface area contributed by atoms with Gasteiger partial charge in [0.25, 0.3) is 0 Å². The van der Waals surface area contributed by atoms with Crippen molar-refractivity contribution in [1.82, 2.24) is 0 Å². The minimum atomic E-state index is -2.54. The van der Waals surface area contributed by atoms with Gasteiger partial charge in [0.2, 0.25) is 0 Å². The molecular formula is C17H30O10S. The zero-order chi connectivity index (χ0) is 23.2. The molecule has 0 spiro atoms. The summed E-state index contributed by atoms with van der Waals surface area (Å²) >= 11 is -2.54. The van der Waals surface area contributed by atoms with Gasteiger partial charge in [0.1, 0.15) is 38.6 Å². The van der Waals surface area contributed by atoms with Crippen molar-refractivity contribution in [2.75, 3.05) is 37.9 Å². The van der Waals surface area contributed by atoms with Gasteiger partial charge in [0.15, 0.2) is 0 Å². The summed E-state index contributed by atoms with van der Waals surface area (Å²) in [6.07, 6.45) is -2.48. The van der Waals surface area contributed by atoms with Gasteiger partial charge in [-0.2, -0.15) is 0 Å². The van der Waals surface area contributed by atoms with Crippen molar-refractivity contribution >= 4 is 35.4 Å². The van der Waals surface area contributed by atoms with Gasteiger partial charge in [-0.3, -0.25) is 30.7 Å². The van der Waals surface area contributed by atoms with E-state index in [2.05, 4.69) is 4.74 Å². The molecule has 0 aromatic rings. The van der Waals surface area contributed by atoms with Crippen LogP contribution in [0.4, 0.5) is 0 Å². The molecule has 0 aliphatic heterocycles. The highest BCUT2D eigenvalue weighted by Gasteiger charge is 2.14. The van der Waals surface area contributed by atoms with Crippen LogP contribution in [0.15, 0.2) is 0 Å². The topological polar surface area (TPSA) is 146 Å². The maximum absolute atomic E-state index is 11.6. The summed E-state index contributed by atoms with van der Waals surface area (Å²) in [5.74, 6) is -2.78. The third kappa shape index (κ3) is 16.3. The largest absolute Gasteiger partial charge is 0.463 e. The van der Waals surface area contributed by atoms with Gasteiger partial charge in [-0.1, -0.05) is 6.92 Å². The Morgan fingerprint density at radius 1 is 0.857 bits per heavy atom. The van der Waals surface area contributed by atoms with Gasteiger partial charge in [-0.25, -0.2) is 0 Å². The van der Waals surface area contributed by atoms with Gasteiger partial charge < -0.3 is 29.2 Å². The number of aliphatic hydroxyl groups is 2. The Kier molecular flexibility index (Phi) is 12.9. The number of rotatable bonds is 15. The van der Waals surface area contributed by atoms with E-state index in [0.717, 1.165) is 0 Å². The van der Waals surface area contributed by atoms with Crippen LogP contribution in [0.3, 0.4) is 0 Å². The van der Waals surface area contributed by atoms with E-state index < -0.39 is 60.9 Å². The summed E-state index contributed by atoms with van der Waals surface area (Å²) in [6, 6.07) is 0. The average Bonchev–Trinajstić information content (AvgIpc) is 2.67. The number of ether oxygens (including phenoxy) is 4. The lowest BCUT2D eigenvalue weighted by Crippen LogP contribution is -2.26. The molecule has 0 aliphatic rings. The van der Waals surface area contributed by atoms with Crippen LogP contribution in [0.25, 0.3) is 0 Å². The molecule has 28 heavy (non-hydrogen) atoms. The van der Waals surface area contributed by atoms with Crippen molar-refractivity contribution in [2.45, 2.75) is 45.3 Å². The minimum Gasteiger partial charge on any atom is -0.463 e. The number of carbonyl (C=O) groups excluding carboxylic acids is 4. The third-order valence-electron chi connectivity index (χ3n) is 2.97. The summed E-state index contributed by atoms with van der Waals surface area (Å²) < 4.78 is 34.0. The predicted octanol–water partition coefficient (Wildman–Crippen LogP) is -0.711. The zero-order valence-electron chi connectivity index (χ0n) is 18.1. The summed E-state index contributed by atoms with van der Waals surface area (Å²) in [4.78, 5) is 45.1. The number of aliphatic hydroxyl groups excluding tert-OH is 2. The lowest BCUT2D eigenvalue weighted by atomic mass is 10.2. The molecule has 0 aromatic heterocycles. The Morgan fingerprint density at radius 3 is 1.71 bits per heavy atom. The van der Waals surface area contributed by atoms with Crippen LogP contribution in [-0.2, 0) is 38.1 Å². The van der Waals surface area contributed by atoms with Crippen molar-refractivity contribution in [3.8, 4) is 0 Å². The van der Waals surface area contributed by atoms with Crippen LogP contribution in [0.1, 0.15) is 33.1 Å². The van der Waals surface area contributed by atoms with Crippen LogP contribution in [0, 0.1) is 0 Å². The van der Waals surface area contributed by atoms with E-state index in [0.29, 0.717) is 0 Å². The molecule has 0 saturated carbocycles. The molecular weight excluding hydrogens is 396 g/mol. The molecule has 0 aromatic carbocycles. The fraction of sp³-hybridized carbons (Fsp3) is 0.765. The van der Waals surface area contributed by atoms with E-state index in [-0.39, 0.29) is 44.0 Å². The number of hydrogen-bond donors (Lipinski definition) is 2. The minimum absolute atomic E-state index is 0.0999. The highest BCUT2D eigenvalue weighted by atomic mass is 32.2. The second-order valence-corrected chi connectivity index (χ2v) is 6.92. The fourth-order valence-electron chi connectivity index (χ4n) is 1.63. The van der Waals surface area contributed by atoms with Gasteiger partial charge in [0, 0.05) is 19.8 Å². The smallest absolute Gasteiger partial charge is 0.314 e. The first-order valence-electron chi connectivity index (χ1n) is 9.60. The first-order valence-corrected chi connectivity index (χ1v) is 9.94. The van der Waals surface area contributed by atoms with E-state index in [1.807, 2.05) is 0 Å². The van der Waals surface area contributed by atoms with Crippen LogP contribution in [0.5, 0.6) is 0 Å². The van der Waals surface area contributed by atoms with E-state index in [1.54, 1.807) is 6.92 Å². The maximum atomic E-state index is 11.6. The molecule has 0 fully saturated rings. The molecule has 2 atom stereocenters. The van der Waals surface area contributed by atoms with E-state index in [1.165, 1.54) is 6.92 Å². The van der Waals surface area contributed by atoms with Gasteiger partial charge in [0.05, 0.1) is 8.00 Å². The molecule has 0 amide bonds. The highest BCUT2D eigenvalue weighted by Crippen LogP contribution is 2.03. The lowest BCUT2D eigenvalue weighted by molar-refractivity contribution is -0.151. The fourth-order valence-corrected chi connectivity index (χ4v) is 2.08. The molecule has 2 N–H and O–H groups in total. The molecule has 0 radical (unpaired) electrons. The number of esters is 4. The Hall–Kier alpha value is -1.85. The first kappa shape index (κ1) is 22.4. The molecule has 0 aliphatic carbocycles. The van der Waals surface area contributed by atoms with Crippen molar-refractivity contribution in [3.63, 3.8) is 0 Å². The highest BCUT2D eigenvalue weighted by molar-refractivity contribution is 7.99. The summed E-state index contributed by atoms with van der Waals surface area (Å²) in [5, 5.41) is 19.1. The predicted molar refractivity (Wildman–Crippen MR) is 101 cm³/mol. The van der Waals surface area contributed by atoms with E-state index in [9.17, 15) is 29.4 Å². The first-order chi connectivity index (χ1) is 13.9. The van der Waals surface area contributed by atoms with Crippen molar-refractivity contribution in [1.29, 1.82) is 2.25 Å². The molecule has 0 heterocycles.